The van der Waals surface area contributed by atoms with Gasteiger partial charge in [0.15, 0.2) is 0 Å². The Balaban J connectivity index is 2.21. The minimum absolute atomic E-state index is 0.151. The van der Waals surface area contributed by atoms with Crippen LogP contribution >= 0.6 is 0 Å². The van der Waals surface area contributed by atoms with Crippen molar-refractivity contribution in [2.24, 2.45) is 5.73 Å². The van der Waals surface area contributed by atoms with Crippen LogP contribution in [0.15, 0.2) is 54.9 Å². The first kappa shape index (κ1) is 12.6. The molecule has 96 valence electrons. The summed E-state index contributed by atoms with van der Waals surface area (Å²) in [5.74, 6) is 0. The molecular formula is C15H21N3. The number of rotatable bonds is 3. The second-order valence-corrected chi connectivity index (χ2v) is 4.80. The molecule has 1 aliphatic rings. The fourth-order valence-corrected chi connectivity index (χ4v) is 2.38. The molecule has 0 radical (unpaired) electrons. The van der Waals surface area contributed by atoms with Gasteiger partial charge in [0.25, 0.3) is 0 Å². The lowest BCUT2D eigenvalue weighted by atomic mass is 10.1. The van der Waals surface area contributed by atoms with E-state index in [1.54, 1.807) is 0 Å². The normalized spacial score (nSPS) is 19.7. The van der Waals surface area contributed by atoms with E-state index in [9.17, 15) is 0 Å². The number of piperazine rings is 1. The summed E-state index contributed by atoms with van der Waals surface area (Å²) in [6.45, 7) is 12.8. The third kappa shape index (κ3) is 2.50. The van der Waals surface area contributed by atoms with Crippen LogP contribution in [-0.2, 0) is 0 Å². The maximum atomic E-state index is 5.96. The first-order valence-corrected chi connectivity index (χ1v) is 6.26. The smallest absolute Gasteiger partial charge is 0.0855 e. The molecule has 1 atom stereocenters. The molecule has 3 nitrogen and oxygen atoms in total. The van der Waals surface area contributed by atoms with Crippen molar-refractivity contribution in [1.29, 1.82) is 0 Å². The van der Waals surface area contributed by atoms with Gasteiger partial charge < -0.3 is 15.5 Å². The van der Waals surface area contributed by atoms with E-state index >= 15 is 0 Å². The van der Waals surface area contributed by atoms with E-state index < -0.39 is 0 Å². The van der Waals surface area contributed by atoms with Gasteiger partial charge >= 0.3 is 0 Å². The number of nitrogens with two attached hydrogens (primary N) is 1. The van der Waals surface area contributed by atoms with Crippen LogP contribution < -0.4 is 10.6 Å². The Morgan fingerprint density at radius 3 is 2.44 bits per heavy atom. The van der Waals surface area contributed by atoms with E-state index in [0.717, 1.165) is 25.3 Å². The SMILES string of the molecule is C=C(N)C1CN(C(=C)C)CCN1c1ccccc1. The van der Waals surface area contributed by atoms with Gasteiger partial charge in [0.05, 0.1) is 6.04 Å². The molecule has 1 unspecified atom stereocenters. The third-order valence-corrected chi connectivity index (χ3v) is 3.44. The average Bonchev–Trinajstić information content (AvgIpc) is 2.39. The predicted octanol–water partition coefficient (Wildman–Crippen LogP) is 2.18. The second-order valence-electron chi connectivity index (χ2n) is 4.80. The van der Waals surface area contributed by atoms with Crippen molar-refractivity contribution < 1.29 is 0 Å². The predicted molar refractivity (Wildman–Crippen MR) is 77.3 cm³/mol. The first-order chi connectivity index (χ1) is 8.59. The number of benzene rings is 1. The molecule has 1 saturated heterocycles. The Bertz CT molecular complexity index is 438. The summed E-state index contributed by atoms with van der Waals surface area (Å²) in [6, 6.07) is 10.5. The van der Waals surface area contributed by atoms with Gasteiger partial charge in [0, 0.05) is 36.7 Å². The molecule has 1 fully saturated rings. The van der Waals surface area contributed by atoms with E-state index in [1.807, 2.05) is 13.0 Å². The zero-order valence-corrected chi connectivity index (χ0v) is 11.0. The van der Waals surface area contributed by atoms with Crippen LogP contribution in [0, 0.1) is 0 Å². The quantitative estimate of drug-likeness (QED) is 0.883. The Hall–Kier alpha value is -1.90. The molecule has 3 heteroatoms. The minimum Gasteiger partial charge on any atom is -0.401 e. The number of hydrogen-bond donors (Lipinski definition) is 1. The standard InChI is InChI=1S/C15H21N3/c1-12(2)17-9-10-18(15(11-17)13(3)16)14-7-5-4-6-8-14/h4-8,15H,1,3,9-11,16H2,2H3. The highest BCUT2D eigenvalue weighted by molar-refractivity contribution is 5.49. The van der Waals surface area contributed by atoms with Gasteiger partial charge in [-0.15, -0.1) is 0 Å². The Kier molecular flexibility index (Phi) is 3.60. The summed E-state index contributed by atoms with van der Waals surface area (Å²) in [6.07, 6.45) is 0. The molecule has 2 rings (SSSR count). The molecule has 1 aromatic carbocycles. The summed E-state index contributed by atoms with van der Waals surface area (Å²) in [5, 5.41) is 0. The van der Waals surface area contributed by atoms with Gasteiger partial charge in [-0.25, -0.2) is 0 Å². The monoisotopic (exact) mass is 243 g/mol. The van der Waals surface area contributed by atoms with Crippen molar-refractivity contribution in [2.75, 3.05) is 24.5 Å². The zero-order chi connectivity index (χ0) is 13.1. The van der Waals surface area contributed by atoms with Crippen molar-refractivity contribution in [3.05, 3.63) is 54.9 Å². The highest BCUT2D eigenvalue weighted by Crippen LogP contribution is 2.23. The summed E-state index contributed by atoms with van der Waals surface area (Å²) in [4.78, 5) is 4.59. The van der Waals surface area contributed by atoms with Gasteiger partial charge in [0.1, 0.15) is 0 Å². The van der Waals surface area contributed by atoms with Gasteiger partial charge in [0.2, 0.25) is 0 Å². The molecule has 2 N–H and O–H groups in total. The Morgan fingerprint density at radius 2 is 1.89 bits per heavy atom. The van der Waals surface area contributed by atoms with Gasteiger partial charge in [-0.3, -0.25) is 0 Å². The van der Waals surface area contributed by atoms with Crippen LogP contribution in [-0.4, -0.2) is 30.6 Å². The Morgan fingerprint density at radius 1 is 1.22 bits per heavy atom. The molecule has 18 heavy (non-hydrogen) atoms. The summed E-state index contributed by atoms with van der Waals surface area (Å²) in [5.41, 5.74) is 8.97. The van der Waals surface area contributed by atoms with Crippen LogP contribution in [0.1, 0.15) is 6.92 Å². The van der Waals surface area contributed by atoms with E-state index in [0.29, 0.717) is 5.70 Å². The molecule has 1 aromatic rings. The van der Waals surface area contributed by atoms with Gasteiger partial charge in [-0.2, -0.15) is 0 Å². The number of para-hydroxylation sites is 1. The van der Waals surface area contributed by atoms with E-state index in [4.69, 9.17) is 5.73 Å². The van der Waals surface area contributed by atoms with Crippen LogP contribution in [0.3, 0.4) is 0 Å². The number of hydrogen-bond acceptors (Lipinski definition) is 3. The average molecular weight is 243 g/mol. The minimum atomic E-state index is 0.151. The molecule has 0 bridgehead atoms. The first-order valence-electron chi connectivity index (χ1n) is 6.26. The van der Waals surface area contributed by atoms with Gasteiger partial charge in [-0.1, -0.05) is 31.4 Å². The fraction of sp³-hybridized carbons (Fsp3) is 0.333. The van der Waals surface area contributed by atoms with Crippen molar-refractivity contribution in [3.8, 4) is 0 Å². The lowest BCUT2D eigenvalue weighted by Crippen LogP contribution is -2.54. The molecule has 1 heterocycles. The van der Waals surface area contributed by atoms with Gasteiger partial charge in [-0.05, 0) is 19.1 Å². The molecule has 0 spiro atoms. The van der Waals surface area contributed by atoms with Crippen molar-refractivity contribution >= 4 is 5.69 Å². The van der Waals surface area contributed by atoms with Crippen molar-refractivity contribution in [2.45, 2.75) is 13.0 Å². The molecule has 0 saturated carbocycles. The maximum Gasteiger partial charge on any atom is 0.0855 e. The number of allylic oxidation sites excluding steroid dienone is 1. The summed E-state index contributed by atoms with van der Waals surface area (Å²) < 4.78 is 0. The number of nitrogens with zero attached hydrogens (tertiary/aromatic N) is 2. The molecular weight excluding hydrogens is 222 g/mol. The van der Waals surface area contributed by atoms with E-state index in [2.05, 4.69) is 47.2 Å². The summed E-state index contributed by atoms with van der Waals surface area (Å²) >= 11 is 0. The van der Waals surface area contributed by atoms with Crippen LogP contribution in [0.25, 0.3) is 0 Å². The second kappa shape index (κ2) is 5.17. The molecule has 0 aliphatic carbocycles. The van der Waals surface area contributed by atoms with Crippen LogP contribution in [0.5, 0.6) is 0 Å². The maximum absolute atomic E-state index is 5.96. The lowest BCUT2D eigenvalue weighted by molar-refractivity contribution is 0.291. The zero-order valence-electron chi connectivity index (χ0n) is 11.0. The lowest BCUT2D eigenvalue weighted by Gasteiger charge is -2.44. The molecule has 1 aliphatic heterocycles. The molecule has 0 aromatic heterocycles. The van der Waals surface area contributed by atoms with Crippen LogP contribution in [0.4, 0.5) is 5.69 Å². The fourth-order valence-electron chi connectivity index (χ4n) is 2.38. The topological polar surface area (TPSA) is 32.5 Å². The largest absolute Gasteiger partial charge is 0.401 e. The van der Waals surface area contributed by atoms with Crippen molar-refractivity contribution in [1.82, 2.24) is 4.90 Å². The third-order valence-electron chi connectivity index (χ3n) is 3.44. The number of anilines is 1. The Labute approximate surface area is 109 Å². The highest BCUT2D eigenvalue weighted by atomic mass is 15.3. The van der Waals surface area contributed by atoms with E-state index in [1.165, 1.54) is 5.69 Å². The van der Waals surface area contributed by atoms with Crippen LogP contribution in [0.2, 0.25) is 0 Å². The molecule has 0 amide bonds. The van der Waals surface area contributed by atoms with E-state index in [-0.39, 0.29) is 6.04 Å². The highest BCUT2D eigenvalue weighted by Gasteiger charge is 2.27. The van der Waals surface area contributed by atoms with Crippen molar-refractivity contribution in [3.63, 3.8) is 0 Å². The summed E-state index contributed by atoms with van der Waals surface area (Å²) in [7, 11) is 0.